The summed E-state index contributed by atoms with van der Waals surface area (Å²) in [5, 5.41) is 9.20. The maximum Gasteiger partial charge on any atom is 0.295 e. The molecular formula is C14H17N5O2. The summed E-state index contributed by atoms with van der Waals surface area (Å²) in [7, 11) is 3.31. The number of hydrogen-bond donors (Lipinski definition) is 2. The first-order chi connectivity index (χ1) is 10.0. The molecular weight excluding hydrogens is 270 g/mol. The first-order valence-electron chi connectivity index (χ1n) is 6.56. The Labute approximate surface area is 122 Å². The van der Waals surface area contributed by atoms with Crippen molar-refractivity contribution in [3.63, 3.8) is 0 Å². The molecule has 0 radical (unpaired) electrons. The summed E-state index contributed by atoms with van der Waals surface area (Å²) in [6, 6.07) is 6.82. The number of amides is 2. The van der Waals surface area contributed by atoms with Crippen molar-refractivity contribution in [2.75, 3.05) is 19.4 Å². The number of rotatable bonds is 4. The van der Waals surface area contributed by atoms with Crippen LogP contribution in [0.3, 0.4) is 0 Å². The standard InChI is InChI=1S/C14H17N5O2/c1-4-11-16-12(18-17-11)13(20)15-10-8-6-5-7-9(10)14(21)19(2)3/h5-8H,4H2,1-3H3,(H,15,20)(H,16,17,18). The lowest BCUT2D eigenvalue weighted by Gasteiger charge is -2.14. The largest absolute Gasteiger partial charge is 0.345 e. The van der Waals surface area contributed by atoms with E-state index in [0.717, 1.165) is 0 Å². The second-order valence-electron chi connectivity index (χ2n) is 4.66. The zero-order valence-corrected chi connectivity index (χ0v) is 12.2. The third-order valence-electron chi connectivity index (χ3n) is 2.88. The van der Waals surface area contributed by atoms with E-state index in [2.05, 4.69) is 20.5 Å². The van der Waals surface area contributed by atoms with Gasteiger partial charge >= 0.3 is 0 Å². The number of para-hydroxylation sites is 1. The van der Waals surface area contributed by atoms with Crippen LogP contribution >= 0.6 is 0 Å². The van der Waals surface area contributed by atoms with Gasteiger partial charge in [-0.1, -0.05) is 19.1 Å². The molecule has 7 heteroatoms. The van der Waals surface area contributed by atoms with Gasteiger partial charge in [-0.2, -0.15) is 0 Å². The van der Waals surface area contributed by atoms with Crippen molar-refractivity contribution >= 4 is 17.5 Å². The van der Waals surface area contributed by atoms with E-state index in [0.29, 0.717) is 23.5 Å². The summed E-state index contributed by atoms with van der Waals surface area (Å²) in [5.41, 5.74) is 0.853. The predicted molar refractivity (Wildman–Crippen MR) is 78.2 cm³/mol. The molecule has 2 aromatic rings. The molecule has 0 saturated heterocycles. The monoisotopic (exact) mass is 287 g/mol. The number of anilines is 1. The van der Waals surface area contributed by atoms with E-state index >= 15 is 0 Å². The average molecular weight is 287 g/mol. The normalized spacial score (nSPS) is 10.2. The minimum absolute atomic E-state index is 0.0546. The fraction of sp³-hybridized carbons (Fsp3) is 0.286. The smallest absolute Gasteiger partial charge is 0.295 e. The Kier molecular flexibility index (Phi) is 4.32. The van der Waals surface area contributed by atoms with E-state index in [1.165, 1.54) is 4.90 Å². The lowest BCUT2D eigenvalue weighted by molar-refractivity contribution is 0.0828. The van der Waals surface area contributed by atoms with Gasteiger partial charge in [-0.15, -0.1) is 5.10 Å². The van der Waals surface area contributed by atoms with Gasteiger partial charge in [0.2, 0.25) is 5.82 Å². The molecule has 0 atom stereocenters. The van der Waals surface area contributed by atoms with Gasteiger partial charge in [0.05, 0.1) is 11.3 Å². The average Bonchev–Trinajstić information content (AvgIpc) is 2.96. The SMILES string of the molecule is CCc1nc(C(=O)Nc2ccccc2C(=O)N(C)C)n[nH]1. The molecule has 1 aromatic heterocycles. The molecule has 0 aliphatic carbocycles. The molecule has 0 unspecified atom stereocenters. The van der Waals surface area contributed by atoms with Crippen LogP contribution in [0, 0.1) is 0 Å². The Morgan fingerprint density at radius 1 is 1.29 bits per heavy atom. The lowest BCUT2D eigenvalue weighted by Crippen LogP contribution is -2.24. The fourth-order valence-corrected chi connectivity index (χ4v) is 1.75. The third kappa shape index (κ3) is 3.25. The molecule has 2 N–H and O–H groups in total. The maximum atomic E-state index is 12.1. The minimum Gasteiger partial charge on any atom is -0.345 e. The number of nitrogens with zero attached hydrogens (tertiary/aromatic N) is 3. The molecule has 0 bridgehead atoms. The molecule has 2 amide bonds. The van der Waals surface area contributed by atoms with Crippen molar-refractivity contribution in [1.82, 2.24) is 20.1 Å². The molecule has 21 heavy (non-hydrogen) atoms. The number of nitrogens with one attached hydrogen (secondary N) is 2. The van der Waals surface area contributed by atoms with Crippen LogP contribution in [-0.4, -0.2) is 46.0 Å². The Hall–Kier alpha value is -2.70. The minimum atomic E-state index is -0.454. The number of benzene rings is 1. The van der Waals surface area contributed by atoms with Crippen LogP contribution in [0.2, 0.25) is 0 Å². The zero-order chi connectivity index (χ0) is 15.4. The topological polar surface area (TPSA) is 91.0 Å². The van der Waals surface area contributed by atoms with E-state index in [1.54, 1.807) is 38.4 Å². The summed E-state index contributed by atoms with van der Waals surface area (Å²) < 4.78 is 0. The molecule has 0 fully saturated rings. The highest BCUT2D eigenvalue weighted by Gasteiger charge is 2.17. The number of aryl methyl sites for hydroxylation is 1. The summed E-state index contributed by atoms with van der Waals surface area (Å²) in [4.78, 5) is 29.7. The van der Waals surface area contributed by atoms with Crippen LogP contribution in [0.5, 0.6) is 0 Å². The summed E-state index contributed by atoms with van der Waals surface area (Å²) in [6.45, 7) is 1.91. The second-order valence-corrected chi connectivity index (χ2v) is 4.66. The van der Waals surface area contributed by atoms with Crippen LogP contribution in [0.25, 0.3) is 0 Å². The Balaban J connectivity index is 2.23. The lowest BCUT2D eigenvalue weighted by atomic mass is 10.1. The molecule has 0 aliphatic heterocycles. The van der Waals surface area contributed by atoms with Gasteiger partial charge in [-0.3, -0.25) is 14.7 Å². The second kappa shape index (κ2) is 6.17. The molecule has 7 nitrogen and oxygen atoms in total. The van der Waals surface area contributed by atoms with Crippen molar-refractivity contribution < 1.29 is 9.59 Å². The number of aromatic nitrogens is 3. The van der Waals surface area contributed by atoms with Gasteiger partial charge in [-0.05, 0) is 12.1 Å². The van der Waals surface area contributed by atoms with Crippen LogP contribution < -0.4 is 5.32 Å². The van der Waals surface area contributed by atoms with Crippen molar-refractivity contribution in [1.29, 1.82) is 0 Å². The van der Waals surface area contributed by atoms with Crippen molar-refractivity contribution in [2.24, 2.45) is 0 Å². The molecule has 1 aromatic carbocycles. The van der Waals surface area contributed by atoms with Crippen LogP contribution in [-0.2, 0) is 6.42 Å². The predicted octanol–water partition coefficient (Wildman–Crippen LogP) is 1.32. The number of carbonyl (C=O) groups is 2. The first-order valence-corrected chi connectivity index (χ1v) is 6.56. The highest BCUT2D eigenvalue weighted by atomic mass is 16.2. The molecule has 0 saturated carbocycles. The van der Waals surface area contributed by atoms with Crippen LogP contribution in [0.1, 0.15) is 33.7 Å². The van der Waals surface area contributed by atoms with Gasteiger partial charge in [-0.25, -0.2) is 4.98 Å². The summed E-state index contributed by atoms with van der Waals surface area (Å²) >= 11 is 0. The number of aromatic amines is 1. The van der Waals surface area contributed by atoms with E-state index < -0.39 is 5.91 Å². The molecule has 0 spiro atoms. The molecule has 1 heterocycles. The third-order valence-corrected chi connectivity index (χ3v) is 2.88. The van der Waals surface area contributed by atoms with E-state index in [9.17, 15) is 9.59 Å². The van der Waals surface area contributed by atoms with Crippen molar-refractivity contribution in [2.45, 2.75) is 13.3 Å². The number of H-pyrrole nitrogens is 1. The highest BCUT2D eigenvalue weighted by molar-refractivity contribution is 6.07. The number of carbonyl (C=O) groups excluding carboxylic acids is 2. The van der Waals surface area contributed by atoms with Crippen LogP contribution in [0.4, 0.5) is 5.69 Å². The van der Waals surface area contributed by atoms with Crippen molar-refractivity contribution in [3.05, 3.63) is 41.5 Å². The molecule has 110 valence electrons. The maximum absolute atomic E-state index is 12.1. The summed E-state index contributed by atoms with van der Waals surface area (Å²) in [5.74, 6) is 0.0526. The Bertz CT molecular complexity index is 663. The van der Waals surface area contributed by atoms with Gasteiger partial charge in [0.15, 0.2) is 0 Å². The highest BCUT2D eigenvalue weighted by Crippen LogP contribution is 2.17. The van der Waals surface area contributed by atoms with Gasteiger partial charge in [0.25, 0.3) is 11.8 Å². The van der Waals surface area contributed by atoms with Crippen LogP contribution in [0.15, 0.2) is 24.3 Å². The number of hydrogen-bond acceptors (Lipinski definition) is 4. The summed E-state index contributed by atoms with van der Waals surface area (Å²) in [6.07, 6.45) is 0.663. The molecule has 2 rings (SSSR count). The molecule has 0 aliphatic rings. The van der Waals surface area contributed by atoms with Gasteiger partial charge < -0.3 is 10.2 Å². The zero-order valence-electron chi connectivity index (χ0n) is 12.2. The van der Waals surface area contributed by atoms with E-state index in [1.807, 2.05) is 6.92 Å². The fourth-order valence-electron chi connectivity index (χ4n) is 1.75. The van der Waals surface area contributed by atoms with E-state index in [4.69, 9.17) is 0 Å². The quantitative estimate of drug-likeness (QED) is 0.887. The first kappa shape index (κ1) is 14.7. The Morgan fingerprint density at radius 2 is 2.00 bits per heavy atom. The van der Waals surface area contributed by atoms with Gasteiger partial charge in [0.1, 0.15) is 5.82 Å². The van der Waals surface area contributed by atoms with Gasteiger partial charge in [0, 0.05) is 20.5 Å². The Morgan fingerprint density at radius 3 is 2.62 bits per heavy atom. The van der Waals surface area contributed by atoms with Crippen molar-refractivity contribution in [3.8, 4) is 0 Å². The van der Waals surface area contributed by atoms with E-state index in [-0.39, 0.29) is 11.7 Å².